The Kier molecular flexibility index (Phi) is 6.67. The normalized spacial score (nSPS) is 10.3. The monoisotopic (exact) mass is 284 g/mol. The Bertz CT molecular complexity index is 424. The summed E-state index contributed by atoms with van der Waals surface area (Å²) in [5.74, 6) is -0.0296. The Morgan fingerprint density at radius 3 is 2.74 bits per heavy atom. The predicted octanol–water partition coefficient (Wildman–Crippen LogP) is 2.88. The van der Waals surface area contributed by atoms with Crippen LogP contribution in [-0.2, 0) is 4.74 Å². The lowest BCUT2D eigenvalue weighted by molar-refractivity contribution is 0.0707. The maximum absolute atomic E-state index is 12.5. The van der Waals surface area contributed by atoms with Crippen molar-refractivity contribution in [2.45, 2.75) is 13.8 Å². The third-order valence-electron chi connectivity index (χ3n) is 2.81. The zero-order valence-electron chi connectivity index (χ0n) is 11.7. The fraction of sp³-hybridized carbons (Fsp3) is 0.500. The molecule has 5 heteroatoms. The van der Waals surface area contributed by atoms with Crippen LogP contribution in [0, 0.1) is 0 Å². The number of rotatable bonds is 7. The highest BCUT2D eigenvalue weighted by Gasteiger charge is 2.17. The van der Waals surface area contributed by atoms with Gasteiger partial charge in [-0.05, 0) is 32.0 Å². The van der Waals surface area contributed by atoms with Crippen LogP contribution in [0.5, 0.6) is 0 Å². The van der Waals surface area contributed by atoms with E-state index in [9.17, 15) is 4.79 Å². The van der Waals surface area contributed by atoms with E-state index in [1.807, 2.05) is 19.9 Å². The number of carbonyl (C=O) groups excluding carboxylic acids is 1. The Balaban J connectivity index is 2.98. The number of methoxy groups -OCH3 is 1. The third kappa shape index (κ3) is 4.40. The summed E-state index contributed by atoms with van der Waals surface area (Å²) < 4.78 is 5.03. The predicted molar refractivity (Wildman–Crippen MR) is 79.1 cm³/mol. The van der Waals surface area contributed by atoms with Gasteiger partial charge in [0, 0.05) is 37.5 Å². The highest BCUT2D eigenvalue weighted by Crippen LogP contribution is 2.22. The molecule has 0 radical (unpaired) electrons. The largest absolute Gasteiger partial charge is 0.385 e. The molecule has 1 amide bonds. The zero-order valence-corrected chi connectivity index (χ0v) is 12.5. The van der Waals surface area contributed by atoms with E-state index in [0.29, 0.717) is 30.3 Å². The second-order valence-corrected chi connectivity index (χ2v) is 4.53. The fourth-order valence-electron chi connectivity index (χ4n) is 1.81. The summed E-state index contributed by atoms with van der Waals surface area (Å²) in [4.78, 5) is 14.2. The zero-order chi connectivity index (χ0) is 14.3. The number of nitrogens with zero attached hydrogens (tertiary/aromatic N) is 1. The summed E-state index contributed by atoms with van der Waals surface area (Å²) in [5.41, 5.74) is 1.42. The van der Waals surface area contributed by atoms with Crippen LogP contribution in [0.1, 0.15) is 24.2 Å². The molecule has 0 aliphatic heterocycles. The van der Waals surface area contributed by atoms with E-state index in [4.69, 9.17) is 16.3 Å². The summed E-state index contributed by atoms with van der Waals surface area (Å²) in [6.07, 6.45) is 0. The molecule has 1 aromatic rings. The molecule has 0 bridgehead atoms. The van der Waals surface area contributed by atoms with Crippen LogP contribution in [0.2, 0.25) is 5.02 Å². The molecule has 106 valence electrons. The Morgan fingerprint density at radius 2 is 2.16 bits per heavy atom. The average molecular weight is 285 g/mol. The molecule has 1 N–H and O–H groups in total. The van der Waals surface area contributed by atoms with Crippen molar-refractivity contribution in [1.82, 2.24) is 4.90 Å². The summed E-state index contributed by atoms with van der Waals surface area (Å²) in [6.45, 7) is 6.43. The topological polar surface area (TPSA) is 41.6 Å². The SMILES string of the molecule is CCNc1ccc(Cl)cc1C(=O)N(CC)CCOC. The molecule has 1 rings (SSSR count). The molecule has 0 unspecified atom stereocenters. The van der Waals surface area contributed by atoms with Crippen LogP contribution in [0.3, 0.4) is 0 Å². The summed E-state index contributed by atoms with van der Waals surface area (Å²) >= 11 is 5.99. The van der Waals surface area contributed by atoms with Crippen LogP contribution in [0.4, 0.5) is 5.69 Å². The molecule has 0 saturated heterocycles. The number of hydrogen-bond donors (Lipinski definition) is 1. The van der Waals surface area contributed by atoms with Gasteiger partial charge < -0.3 is 15.0 Å². The van der Waals surface area contributed by atoms with Gasteiger partial charge in [-0.1, -0.05) is 11.6 Å². The number of nitrogens with one attached hydrogen (secondary N) is 1. The lowest BCUT2D eigenvalue weighted by atomic mass is 10.1. The molecule has 0 saturated carbocycles. The lowest BCUT2D eigenvalue weighted by Crippen LogP contribution is -2.34. The fourth-order valence-corrected chi connectivity index (χ4v) is 1.99. The molecule has 1 aromatic carbocycles. The number of carbonyl (C=O) groups is 1. The van der Waals surface area contributed by atoms with Crippen molar-refractivity contribution in [3.63, 3.8) is 0 Å². The number of ether oxygens (including phenoxy) is 1. The summed E-state index contributed by atoms with van der Waals surface area (Å²) in [5, 5.41) is 3.74. The van der Waals surface area contributed by atoms with Crippen molar-refractivity contribution < 1.29 is 9.53 Å². The number of anilines is 1. The van der Waals surface area contributed by atoms with Gasteiger partial charge in [-0.3, -0.25) is 4.79 Å². The first-order valence-electron chi connectivity index (χ1n) is 6.45. The minimum Gasteiger partial charge on any atom is -0.385 e. The number of benzene rings is 1. The molecule has 0 aliphatic carbocycles. The Labute approximate surface area is 119 Å². The smallest absolute Gasteiger partial charge is 0.256 e. The Hall–Kier alpha value is -1.26. The minimum atomic E-state index is -0.0296. The maximum atomic E-state index is 12.5. The molecule has 19 heavy (non-hydrogen) atoms. The Morgan fingerprint density at radius 1 is 1.42 bits per heavy atom. The maximum Gasteiger partial charge on any atom is 0.256 e. The van der Waals surface area contributed by atoms with E-state index >= 15 is 0 Å². The molecule has 0 spiro atoms. The van der Waals surface area contributed by atoms with Crippen LogP contribution >= 0.6 is 11.6 Å². The molecular weight excluding hydrogens is 264 g/mol. The first-order valence-corrected chi connectivity index (χ1v) is 6.83. The second kappa shape index (κ2) is 8.02. The van der Waals surface area contributed by atoms with Crippen molar-refractivity contribution >= 4 is 23.2 Å². The first kappa shape index (κ1) is 15.8. The van der Waals surface area contributed by atoms with E-state index in [1.54, 1.807) is 24.1 Å². The van der Waals surface area contributed by atoms with Crippen molar-refractivity contribution in [3.05, 3.63) is 28.8 Å². The molecular formula is C14H21ClN2O2. The summed E-state index contributed by atoms with van der Waals surface area (Å²) in [6, 6.07) is 5.32. The van der Waals surface area contributed by atoms with Crippen molar-refractivity contribution in [2.75, 3.05) is 38.7 Å². The van der Waals surface area contributed by atoms with Crippen LogP contribution < -0.4 is 5.32 Å². The van der Waals surface area contributed by atoms with E-state index < -0.39 is 0 Å². The third-order valence-corrected chi connectivity index (χ3v) is 3.05. The highest BCUT2D eigenvalue weighted by molar-refractivity contribution is 6.31. The van der Waals surface area contributed by atoms with Gasteiger partial charge >= 0.3 is 0 Å². The number of likely N-dealkylation sites (N-methyl/N-ethyl adjacent to an activating group) is 1. The second-order valence-electron chi connectivity index (χ2n) is 4.10. The van der Waals surface area contributed by atoms with E-state index in [2.05, 4.69) is 5.32 Å². The van der Waals surface area contributed by atoms with E-state index in [-0.39, 0.29) is 5.91 Å². The van der Waals surface area contributed by atoms with Gasteiger partial charge in [0.1, 0.15) is 0 Å². The molecule has 4 nitrogen and oxygen atoms in total. The van der Waals surface area contributed by atoms with Gasteiger partial charge in [0.15, 0.2) is 0 Å². The van der Waals surface area contributed by atoms with Crippen LogP contribution in [-0.4, -0.2) is 44.2 Å². The van der Waals surface area contributed by atoms with Gasteiger partial charge in [-0.15, -0.1) is 0 Å². The summed E-state index contributed by atoms with van der Waals surface area (Å²) in [7, 11) is 1.63. The van der Waals surface area contributed by atoms with E-state index in [1.165, 1.54) is 0 Å². The van der Waals surface area contributed by atoms with Gasteiger partial charge in [-0.2, -0.15) is 0 Å². The average Bonchev–Trinajstić information content (AvgIpc) is 2.41. The van der Waals surface area contributed by atoms with E-state index in [0.717, 1.165) is 12.2 Å². The minimum absolute atomic E-state index is 0.0296. The van der Waals surface area contributed by atoms with Crippen LogP contribution in [0.25, 0.3) is 0 Å². The van der Waals surface area contributed by atoms with Crippen molar-refractivity contribution in [3.8, 4) is 0 Å². The highest BCUT2D eigenvalue weighted by atomic mass is 35.5. The standard InChI is InChI=1S/C14H21ClN2O2/c1-4-16-13-7-6-11(15)10-12(13)14(18)17(5-2)8-9-19-3/h6-7,10,16H,4-5,8-9H2,1-3H3. The molecule has 0 aliphatic rings. The number of hydrogen-bond acceptors (Lipinski definition) is 3. The number of halogens is 1. The molecule has 0 fully saturated rings. The molecule has 0 heterocycles. The van der Waals surface area contributed by atoms with Gasteiger partial charge in [-0.25, -0.2) is 0 Å². The van der Waals surface area contributed by atoms with Gasteiger partial charge in [0.25, 0.3) is 5.91 Å². The van der Waals surface area contributed by atoms with Crippen molar-refractivity contribution in [2.24, 2.45) is 0 Å². The molecule has 0 atom stereocenters. The van der Waals surface area contributed by atoms with Gasteiger partial charge in [0.2, 0.25) is 0 Å². The molecule has 0 aromatic heterocycles. The van der Waals surface area contributed by atoms with Crippen molar-refractivity contribution in [1.29, 1.82) is 0 Å². The van der Waals surface area contributed by atoms with Gasteiger partial charge in [0.05, 0.1) is 12.2 Å². The van der Waals surface area contributed by atoms with Crippen LogP contribution in [0.15, 0.2) is 18.2 Å². The lowest BCUT2D eigenvalue weighted by Gasteiger charge is -2.22. The number of amides is 1. The quantitative estimate of drug-likeness (QED) is 0.837. The first-order chi connectivity index (χ1) is 9.13.